The summed E-state index contributed by atoms with van der Waals surface area (Å²) in [5.74, 6) is 0.410. The molecule has 0 bridgehead atoms. The van der Waals surface area contributed by atoms with Crippen LogP contribution in [0.25, 0.3) is 10.9 Å². The number of methoxy groups -OCH3 is 1. The van der Waals surface area contributed by atoms with Crippen molar-refractivity contribution >= 4 is 16.8 Å². The minimum absolute atomic E-state index is 0.128. The van der Waals surface area contributed by atoms with E-state index < -0.39 is 6.04 Å². The zero-order valence-electron chi connectivity index (χ0n) is 12.4. The molecule has 3 N–H and O–H groups in total. The highest BCUT2D eigenvalue weighted by molar-refractivity contribution is 5.85. The molecule has 0 saturated heterocycles. The van der Waals surface area contributed by atoms with E-state index in [0.717, 1.165) is 22.9 Å². The molecule has 1 aromatic heterocycles. The molecule has 0 spiro atoms. The second-order valence-corrected chi connectivity index (χ2v) is 4.95. The Hall–Kier alpha value is -2.14. The molecule has 2 aromatic rings. The second-order valence-electron chi connectivity index (χ2n) is 4.95. The Morgan fingerprint density at radius 3 is 2.90 bits per heavy atom. The van der Waals surface area contributed by atoms with Crippen LogP contribution in [0, 0.1) is 0 Å². The van der Waals surface area contributed by atoms with E-state index in [2.05, 4.69) is 10.3 Å². The van der Waals surface area contributed by atoms with Gasteiger partial charge in [0.05, 0.1) is 18.7 Å². The monoisotopic (exact) mass is 287 g/mol. The van der Waals surface area contributed by atoms with Crippen LogP contribution in [0.3, 0.4) is 0 Å². The quantitative estimate of drug-likeness (QED) is 0.851. The van der Waals surface area contributed by atoms with Gasteiger partial charge in [0.2, 0.25) is 11.8 Å². The van der Waals surface area contributed by atoms with E-state index in [-0.39, 0.29) is 5.91 Å². The van der Waals surface area contributed by atoms with Crippen LogP contribution < -0.4 is 15.8 Å². The molecule has 112 valence electrons. The molecule has 0 aliphatic heterocycles. The molecule has 1 amide bonds. The number of ether oxygens (including phenoxy) is 1. The normalized spacial score (nSPS) is 12.1. The van der Waals surface area contributed by atoms with Crippen LogP contribution in [0.2, 0.25) is 0 Å². The Morgan fingerprint density at radius 1 is 1.43 bits per heavy atom. The first kappa shape index (κ1) is 15.3. The van der Waals surface area contributed by atoms with Gasteiger partial charge in [-0.25, -0.2) is 4.98 Å². The Bertz CT molecular complexity index is 628. The molecule has 1 aromatic carbocycles. The van der Waals surface area contributed by atoms with E-state index >= 15 is 0 Å². The molecule has 0 radical (unpaired) electrons. The van der Waals surface area contributed by atoms with Gasteiger partial charge in [0.15, 0.2) is 0 Å². The molecule has 1 heterocycles. The number of carbonyl (C=O) groups excluding carboxylic acids is 1. The van der Waals surface area contributed by atoms with Crippen molar-refractivity contribution in [1.29, 1.82) is 0 Å². The third kappa shape index (κ3) is 3.70. The maximum Gasteiger partial charge on any atom is 0.237 e. The van der Waals surface area contributed by atoms with Gasteiger partial charge in [-0.2, -0.15) is 0 Å². The maximum atomic E-state index is 11.9. The molecule has 2 rings (SSSR count). The number of rotatable bonds is 6. The summed E-state index contributed by atoms with van der Waals surface area (Å²) in [6, 6.07) is 9.17. The molecular weight excluding hydrogens is 266 g/mol. The smallest absolute Gasteiger partial charge is 0.237 e. The number of benzene rings is 1. The van der Waals surface area contributed by atoms with Crippen molar-refractivity contribution in [3.8, 4) is 5.88 Å². The van der Waals surface area contributed by atoms with E-state index in [0.29, 0.717) is 18.8 Å². The molecule has 1 unspecified atom stereocenters. The predicted molar refractivity (Wildman–Crippen MR) is 83.0 cm³/mol. The summed E-state index contributed by atoms with van der Waals surface area (Å²) in [6.07, 6.45) is 1.58. The highest BCUT2D eigenvalue weighted by atomic mass is 16.5. The maximum absolute atomic E-state index is 11.9. The molecule has 0 saturated carbocycles. The lowest BCUT2D eigenvalue weighted by molar-refractivity contribution is -0.122. The fraction of sp³-hybridized carbons (Fsp3) is 0.375. The third-order valence-corrected chi connectivity index (χ3v) is 3.38. The summed E-state index contributed by atoms with van der Waals surface area (Å²) in [5, 5.41) is 3.88. The van der Waals surface area contributed by atoms with Crippen molar-refractivity contribution < 1.29 is 9.53 Å². The van der Waals surface area contributed by atoms with Gasteiger partial charge in [0, 0.05) is 18.0 Å². The van der Waals surface area contributed by atoms with Gasteiger partial charge in [0.25, 0.3) is 0 Å². The molecule has 0 aliphatic carbocycles. The molecule has 0 fully saturated rings. The molecular formula is C16H21N3O2. The first-order valence-electron chi connectivity index (χ1n) is 7.11. The highest BCUT2D eigenvalue weighted by Gasteiger charge is 2.13. The van der Waals surface area contributed by atoms with Crippen LogP contribution in [0.1, 0.15) is 25.3 Å². The molecule has 5 heteroatoms. The Labute approximate surface area is 124 Å². The SMILES string of the molecule is CCCC(N)C(=O)NCc1cc(OC)nc2ccccc12. The first-order chi connectivity index (χ1) is 10.2. The molecule has 5 nitrogen and oxygen atoms in total. The van der Waals surface area contributed by atoms with Gasteiger partial charge >= 0.3 is 0 Å². The number of aromatic nitrogens is 1. The lowest BCUT2D eigenvalue weighted by Crippen LogP contribution is -2.40. The van der Waals surface area contributed by atoms with Crippen molar-refractivity contribution in [3.05, 3.63) is 35.9 Å². The van der Waals surface area contributed by atoms with Crippen molar-refractivity contribution in [1.82, 2.24) is 10.3 Å². The number of fused-ring (bicyclic) bond motifs is 1. The lowest BCUT2D eigenvalue weighted by Gasteiger charge is -2.13. The molecule has 1 atom stereocenters. The standard InChI is InChI=1S/C16H21N3O2/c1-3-6-13(17)16(20)18-10-11-9-15(21-2)19-14-8-5-4-7-12(11)14/h4-5,7-9,13H,3,6,10,17H2,1-2H3,(H,18,20). The fourth-order valence-electron chi connectivity index (χ4n) is 2.23. The van der Waals surface area contributed by atoms with Crippen molar-refractivity contribution in [3.63, 3.8) is 0 Å². The van der Waals surface area contributed by atoms with Crippen molar-refractivity contribution in [2.45, 2.75) is 32.4 Å². The Balaban J connectivity index is 2.19. The zero-order valence-corrected chi connectivity index (χ0v) is 12.4. The van der Waals surface area contributed by atoms with Gasteiger partial charge in [-0.15, -0.1) is 0 Å². The predicted octanol–water partition coefficient (Wildman–Crippen LogP) is 1.99. The average Bonchev–Trinajstić information content (AvgIpc) is 2.52. The van der Waals surface area contributed by atoms with Gasteiger partial charge < -0.3 is 15.8 Å². The number of para-hydroxylation sites is 1. The van der Waals surface area contributed by atoms with Gasteiger partial charge in [-0.1, -0.05) is 31.5 Å². The minimum Gasteiger partial charge on any atom is -0.481 e. The lowest BCUT2D eigenvalue weighted by atomic mass is 10.1. The zero-order chi connectivity index (χ0) is 15.2. The van der Waals surface area contributed by atoms with E-state index in [1.807, 2.05) is 37.3 Å². The van der Waals surface area contributed by atoms with Crippen LogP contribution in [-0.4, -0.2) is 24.0 Å². The third-order valence-electron chi connectivity index (χ3n) is 3.38. The van der Waals surface area contributed by atoms with Crippen LogP contribution in [-0.2, 0) is 11.3 Å². The molecule has 21 heavy (non-hydrogen) atoms. The summed E-state index contributed by atoms with van der Waals surface area (Å²) in [6.45, 7) is 2.42. The number of nitrogens with one attached hydrogen (secondary N) is 1. The van der Waals surface area contributed by atoms with Crippen molar-refractivity contribution in [2.75, 3.05) is 7.11 Å². The van der Waals surface area contributed by atoms with Crippen LogP contribution in [0.4, 0.5) is 0 Å². The van der Waals surface area contributed by atoms with E-state index in [9.17, 15) is 4.79 Å². The van der Waals surface area contributed by atoms with Crippen molar-refractivity contribution in [2.24, 2.45) is 5.73 Å². The first-order valence-corrected chi connectivity index (χ1v) is 7.11. The number of hydrogen-bond donors (Lipinski definition) is 2. The Kier molecular flexibility index (Phi) is 5.11. The summed E-state index contributed by atoms with van der Waals surface area (Å²) in [4.78, 5) is 16.3. The number of pyridine rings is 1. The summed E-state index contributed by atoms with van der Waals surface area (Å²) in [5.41, 5.74) is 7.62. The van der Waals surface area contributed by atoms with Crippen LogP contribution in [0.15, 0.2) is 30.3 Å². The summed E-state index contributed by atoms with van der Waals surface area (Å²) in [7, 11) is 1.58. The largest absolute Gasteiger partial charge is 0.481 e. The molecule has 0 aliphatic rings. The summed E-state index contributed by atoms with van der Waals surface area (Å²) < 4.78 is 5.21. The number of nitrogens with zero attached hydrogens (tertiary/aromatic N) is 1. The average molecular weight is 287 g/mol. The van der Waals surface area contributed by atoms with Crippen LogP contribution >= 0.6 is 0 Å². The summed E-state index contributed by atoms with van der Waals surface area (Å²) >= 11 is 0. The topological polar surface area (TPSA) is 77.2 Å². The number of amides is 1. The van der Waals surface area contributed by atoms with E-state index in [1.54, 1.807) is 7.11 Å². The number of nitrogens with two attached hydrogens (primary N) is 1. The fourth-order valence-corrected chi connectivity index (χ4v) is 2.23. The number of hydrogen-bond acceptors (Lipinski definition) is 4. The minimum atomic E-state index is -0.454. The van der Waals surface area contributed by atoms with E-state index in [1.165, 1.54) is 0 Å². The van der Waals surface area contributed by atoms with Gasteiger partial charge in [0.1, 0.15) is 0 Å². The highest BCUT2D eigenvalue weighted by Crippen LogP contribution is 2.21. The van der Waals surface area contributed by atoms with E-state index in [4.69, 9.17) is 10.5 Å². The number of carbonyl (C=O) groups is 1. The Morgan fingerprint density at radius 2 is 2.19 bits per heavy atom. The second kappa shape index (κ2) is 7.04. The van der Waals surface area contributed by atoms with Crippen LogP contribution in [0.5, 0.6) is 5.88 Å². The van der Waals surface area contributed by atoms with Gasteiger partial charge in [-0.3, -0.25) is 4.79 Å². The van der Waals surface area contributed by atoms with Gasteiger partial charge in [-0.05, 0) is 18.1 Å².